The molecular formula is C26H39NO11. The van der Waals surface area contributed by atoms with Crippen LogP contribution in [0, 0.1) is 5.92 Å². The largest absolute Gasteiger partial charge is 0.514 e. The lowest BCUT2D eigenvalue weighted by molar-refractivity contribution is -0.139. The highest BCUT2D eigenvalue weighted by Crippen LogP contribution is 2.35. The molecule has 0 aromatic heterocycles. The van der Waals surface area contributed by atoms with Crippen molar-refractivity contribution < 1.29 is 52.7 Å². The van der Waals surface area contributed by atoms with E-state index in [1.165, 1.54) is 18.2 Å². The van der Waals surface area contributed by atoms with E-state index in [-0.39, 0.29) is 29.9 Å². The zero-order valence-electron chi connectivity index (χ0n) is 23.1. The van der Waals surface area contributed by atoms with Crippen molar-refractivity contribution in [2.24, 2.45) is 11.7 Å². The minimum Gasteiger partial charge on any atom is -0.480 e. The number of carbonyl (C=O) groups is 4. The Hall–Kier alpha value is -3.54. The average Bonchev–Trinajstić information content (AvgIpc) is 2.76. The SMILES string of the molecule is CC(C)OC(=O)Oc1ccc(C(CC(C)OC(=O)OC(C)C(C)C)[C@H](N)C(=O)O)cc1OC(=O)OC(C)C. The summed E-state index contributed by atoms with van der Waals surface area (Å²) in [5, 5.41) is 9.61. The topological polar surface area (TPSA) is 170 Å². The number of hydrogen-bond acceptors (Lipinski definition) is 11. The Kier molecular flexibility index (Phi) is 12.8. The number of ether oxygens (including phenoxy) is 6. The summed E-state index contributed by atoms with van der Waals surface area (Å²) in [4.78, 5) is 48.2. The predicted octanol–water partition coefficient (Wildman–Crippen LogP) is 5.01. The Morgan fingerprint density at radius 2 is 1.29 bits per heavy atom. The van der Waals surface area contributed by atoms with Crippen LogP contribution in [-0.4, -0.2) is 60.0 Å². The molecular weight excluding hydrogens is 502 g/mol. The maximum Gasteiger partial charge on any atom is 0.514 e. The first-order valence-electron chi connectivity index (χ1n) is 12.4. The van der Waals surface area contributed by atoms with Crippen molar-refractivity contribution in [3.8, 4) is 11.5 Å². The van der Waals surface area contributed by atoms with Crippen molar-refractivity contribution in [2.45, 2.75) is 98.2 Å². The Morgan fingerprint density at radius 3 is 1.76 bits per heavy atom. The zero-order valence-corrected chi connectivity index (χ0v) is 23.1. The molecule has 3 N–H and O–H groups in total. The molecule has 0 saturated heterocycles. The molecule has 1 aromatic carbocycles. The molecule has 0 heterocycles. The maximum atomic E-state index is 12.2. The molecule has 4 atom stereocenters. The van der Waals surface area contributed by atoms with E-state index in [2.05, 4.69) is 0 Å². The number of rotatable bonds is 12. The van der Waals surface area contributed by atoms with Crippen molar-refractivity contribution in [1.29, 1.82) is 0 Å². The standard InChI is InChI=1S/C26H39NO11/c1-13(2)17(8)36-26(32)35-16(7)11-19(22(27)23(28)29)18-9-10-20(37-24(30)33-14(3)4)21(12-18)38-25(31)34-15(5)6/h9-10,12-17,19,22H,11,27H2,1-8H3,(H,28,29)/t16?,17?,19?,22-/m0/s1. The Balaban J connectivity index is 3.29. The van der Waals surface area contributed by atoms with Crippen LogP contribution in [0.4, 0.5) is 14.4 Å². The van der Waals surface area contributed by atoms with Crippen LogP contribution < -0.4 is 15.2 Å². The number of carboxylic acid groups (broad SMARTS) is 1. The number of carbonyl (C=O) groups excluding carboxylic acids is 3. The molecule has 0 amide bonds. The number of carboxylic acids is 1. The highest BCUT2D eigenvalue weighted by Gasteiger charge is 2.31. The summed E-state index contributed by atoms with van der Waals surface area (Å²) in [6.07, 6.45) is -5.14. The van der Waals surface area contributed by atoms with Crippen molar-refractivity contribution in [1.82, 2.24) is 0 Å². The third kappa shape index (κ3) is 11.2. The van der Waals surface area contributed by atoms with Crippen LogP contribution in [0.5, 0.6) is 11.5 Å². The lowest BCUT2D eigenvalue weighted by Crippen LogP contribution is -2.38. The summed E-state index contributed by atoms with van der Waals surface area (Å²) in [7, 11) is 0. The molecule has 12 heteroatoms. The second kappa shape index (κ2) is 15.0. The summed E-state index contributed by atoms with van der Waals surface area (Å²) >= 11 is 0. The zero-order chi connectivity index (χ0) is 29.2. The molecule has 0 spiro atoms. The summed E-state index contributed by atoms with van der Waals surface area (Å²) in [6, 6.07) is 2.65. The van der Waals surface area contributed by atoms with Crippen LogP contribution in [-0.2, 0) is 23.7 Å². The molecule has 0 aliphatic carbocycles. The number of benzene rings is 1. The van der Waals surface area contributed by atoms with Crippen LogP contribution >= 0.6 is 0 Å². The van der Waals surface area contributed by atoms with Gasteiger partial charge in [0.15, 0.2) is 11.5 Å². The molecule has 1 rings (SSSR count). The van der Waals surface area contributed by atoms with E-state index in [1.54, 1.807) is 41.5 Å². The summed E-state index contributed by atoms with van der Waals surface area (Å²) in [5.41, 5.74) is 6.29. The molecule has 38 heavy (non-hydrogen) atoms. The Morgan fingerprint density at radius 1 is 0.763 bits per heavy atom. The predicted molar refractivity (Wildman–Crippen MR) is 135 cm³/mol. The van der Waals surface area contributed by atoms with E-state index < -0.39 is 54.7 Å². The van der Waals surface area contributed by atoms with E-state index in [0.717, 1.165) is 0 Å². The van der Waals surface area contributed by atoms with Gasteiger partial charge < -0.3 is 39.3 Å². The van der Waals surface area contributed by atoms with Crippen LogP contribution in [0.25, 0.3) is 0 Å². The van der Waals surface area contributed by atoms with E-state index in [4.69, 9.17) is 34.2 Å². The number of aliphatic carboxylic acids is 1. The first-order valence-corrected chi connectivity index (χ1v) is 12.4. The van der Waals surface area contributed by atoms with Gasteiger partial charge in [0.2, 0.25) is 0 Å². The lowest BCUT2D eigenvalue weighted by Gasteiger charge is -2.26. The lowest BCUT2D eigenvalue weighted by atomic mass is 9.87. The van der Waals surface area contributed by atoms with Gasteiger partial charge in [0.1, 0.15) is 18.2 Å². The van der Waals surface area contributed by atoms with Crippen LogP contribution in [0.15, 0.2) is 18.2 Å². The molecule has 214 valence electrons. The first kappa shape index (κ1) is 32.5. The number of nitrogens with two attached hydrogens (primary N) is 1. The van der Waals surface area contributed by atoms with Crippen molar-refractivity contribution in [3.05, 3.63) is 23.8 Å². The molecule has 0 radical (unpaired) electrons. The van der Waals surface area contributed by atoms with Crippen molar-refractivity contribution in [3.63, 3.8) is 0 Å². The Labute approximate surface area is 222 Å². The van der Waals surface area contributed by atoms with Crippen molar-refractivity contribution in [2.75, 3.05) is 0 Å². The van der Waals surface area contributed by atoms with Gasteiger partial charge in [-0.25, -0.2) is 14.4 Å². The first-order chi connectivity index (χ1) is 17.6. The monoisotopic (exact) mass is 541 g/mol. The van der Waals surface area contributed by atoms with Gasteiger partial charge in [0.05, 0.1) is 12.2 Å². The van der Waals surface area contributed by atoms with Gasteiger partial charge in [0.25, 0.3) is 0 Å². The van der Waals surface area contributed by atoms with Gasteiger partial charge >= 0.3 is 24.4 Å². The fourth-order valence-corrected chi connectivity index (χ4v) is 3.08. The van der Waals surface area contributed by atoms with Gasteiger partial charge in [-0.3, -0.25) is 4.79 Å². The third-order valence-electron chi connectivity index (χ3n) is 5.27. The fourth-order valence-electron chi connectivity index (χ4n) is 3.08. The molecule has 0 aliphatic rings. The van der Waals surface area contributed by atoms with Gasteiger partial charge in [-0.05, 0) is 71.6 Å². The van der Waals surface area contributed by atoms with E-state index >= 15 is 0 Å². The van der Waals surface area contributed by atoms with E-state index in [1.807, 2.05) is 13.8 Å². The van der Waals surface area contributed by atoms with Crippen molar-refractivity contribution >= 4 is 24.4 Å². The highest BCUT2D eigenvalue weighted by molar-refractivity contribution is 5.75. The van der Waals surface area contributed by atoms with Crippen LogP contribution in [0.2, 0.25) is 0 Å². The second-order valence-corrected chi connectivity index (χ2v) is 9.70. The molecule has 0 bridgehead atoms. The molecule has 1 aromatic rings. The smallest absolute Gasteiger partial charge is 0.480 e. The van der Waals surface area contributed by atoms with Gasteiger partial charge in [0, 0.05) is 5.92 Å². The fraction of sp³-hybridized carbons (Fsp3) is 0.615. The van der Waals surface area contributed by atoms with Gasteiger partial charge in [-0.15, -0.1) is 0 Å². The maximum absolute atomic E-state index is 12.2. The normalized spacial score (nSPS) is 14.3. The molecule has 0 saturated carbocycles. The molecule has 0 fully saturated rings. The summed E-state index contributed by atoms with van der Waals surface area (Å²) in [6.45, 7) is 13.6. The van der Waals surface area contributed by atoms with Crippen LogP contribution in [0.1, 0.15) is 73.3 Å². The molecule has 12 nitrogen and oxygen atoms in total. The minimum absolute atomic E-state index is 0.00982. The van der Waals surface area contributed by atoms with E-state index in [0.29, 0.717) is 5.56 Å². The van der Waals surface area contributed by atoms with Gasteiger partial charge in [-0.1, -0.05) is 19.9 Å². The third-order valence-corrected chi connectivity index (χ3v) is 5.27. The second-order valence-electron chi connectivity index (χ2n) is 9.70. The molecule has 3 unspecified atom stereocenters. The van der Waals surface area contributed by atoms with Crippen LogP contribution in [0.3, 0.4) is 0 Å². The van der Waals surface area contributed by atoms with Gasteiger partial charge in [-0.2, -0.15) is 0 Å². The highest BCUT2D eigenvalue weighted by atomic mass is 16.8. The minimum atomic E-state index is -1.42. The quantitative estimate of drug-likeness (QED) is 0.206. The average molecular weight is 542 g/mol. The Bertz CT molecular complexity index is 961. The number of hydrogen-bond donors (Lipinski definition) is 2. The summed E-state index contributed by atoms with van der Waals surface area (Å²) < 4.78 is 30.9. The molecule has 0 aliphatic heterocycles. The summed E-state index contributed by atoms with van der Waals surface area (Å²) in [5.74, 6) is -2.53. The van der Waals surface area contributed by atoms with E-state index in [9.17, 15) is 24.3 Å².